The molecule has 16 heavy (non-hydrogen) atoms. The topological polar surface area (TPSA) is 68.3 Å². The average molecular weight is 216 g/mol. The summed E-state index contributed by atoms with van der Waals surface area (Å²) in [7, 11) is 0. The lowest BCUT2D eigenvalue weighted by molar-refractivity contribution is 0.0996. The molecule has 82 valence electrons. The molecule has 4 heteroatoms. The quantitative estimate of drug-likeness (QED) is 0.824. The third-order valence-corrected chi connectivity index (χ3v) is 2.23. The van der Waals surface area contributed by atoms with Crippen molar-refractivity contribution in [2.45, 2.75) is 6.54 Å². The van der Waals surface area contributed by atoms with Crippen LogP contribution in [0.3, 0.4) is 0 Å². The van der Waals surface area contributed by atoms with Crippen LogP contribution in [0.5, 0.6) is 0 Å². The SMILES string of the molecule is NCc1ccccc1NC(=O)c1ccco1. The summed E-state index contributed by atoms with van der Waals surface area (Å²) in [6.45, 7) is 0.384. The summed E-state index contributed by atoms with van der Waals surface area (Å²) in [6, 6.07) is 10.7. The smallest absolute Gasteiger partial charge is 0.291 e. The minimum absolute atomic E-state index is 0.272. The third-order valence-electron chi connectivity index (χ3n) is 2.23. The van der Waals surface area contributed by atoms with E-state index in [-0.39, 0.29) is 11.7 Å². The van der Waals surface area contributed by atoms with Gasteiger partial charge < -0.3 is 15.5 Å². The maximum atomic E-state index is 11.7. The molecule has 4 nitrogen and oxygen atoms in total. The van der Waals surface area contributed by atoms with Crippen molar-refractivity contribution in [3.05, 3.63) is 54.0 Å². The number of hydrogen-bond acceptors (Lipinski definition) is 3. The van der Waals surface area contributed by atoms with Gasteiger partial charge in [0.2, 0.25) is 0 Å². The zero-order chi connectivity index (χ0) is 11.4. The predicted molar refractivity (Wildman–Crippen MR) is 61.0 cm³/mol. The highest BCUT2D eigenvalue weighted by Crippen LogP contribution is 2.15. The second-order valence-electron chi connectivity index (χ2n) is 3.29. The first-order valence-corrected chi connectivity index (χ1v) is 4.94. The van der Waals surface area contributed by atoms with Gasteiger partial charge in [-0.1, -0.05) is 18.2 Å². The maximum absolute atomic E-state index is 11.7. The first kappa shape index (κ1) is 10.4. The fourth-order valence-electron chi connectivity index (χ4n) is 1.41. The molecule has 0 saturated carbocycles. The molecule has 1 amide bonds. The van der Waals surface area contributed by atoms with Crippen LogP contribution in [0.25, 0.3) is 0 Å². The first-order chi connectivity index (χ1) is 7.81. The Bertz CT molecular complexity index is 478. The molecule has 0 aliphatic carbocycles. The third kappa shape index (κ3) is 2.12. The van der Waals surface area contributed by atoms with Crippen molar-refractivity contribution in [1.82, 2.24) is 0 Å². The normalized spacial score (nSPS) is 10.1. The summed E-state index contributed by atoms with van der Waals surface area (Å²) in [5.74, 6) is 0.0118. The Morgan fingerprint density at radius 1 is 1.25 bits per heavy atom. The lowest BCUT2D eigenvalue weighted by Crippen LogP contribution is -2.13. The van der Waals surface area contributed by atoms with Gasteiger partial charge in [0, 0.05) is 12.2 Å². The fourth-order valence-corrected chi connectivity index (χ4v) is 1.41. The molecule has 0 atom stereocenters. The number of para-hydroxylation sites is 1. The van der Waals surface area contributed by atoms with Crippen LogP contribution < -0.4 is 11.1 Å². The monoisotopic (exact) mass is 216 g/mol. The van der Waals surface area contributed by atoms with Gasteiger partial charge in [-0.3, -0.25) is 4.79 Å². The Morgan fingerprint density at radius 2 is 2.06 bits per heavy atom. The molecule has 2 aromatic rings. The Kier molecular flexibility index (Phi) is 3.03. The van der Waals surface area contributed by atoms with E-state index in [4.69, 9.17) is 10.2 Å². The number of amides is 1. The summed E-state index contributed by atoms with van der Waals surface area (Å²) in [5, 5.41) is 2.75. The Balaban J connectivity index is 2.18. The molecule has 0 aliphatic heterocycles. The van der Waals surface area contributed by atoms with E-state index in [2.05, 4.69) is 5.32 Å². The highest BCUT2D eigenvalue weighted by Gasteiger charge is 2.09. The predicted octanol–water partition coefficient (Wildman–Crippen LogP) is 1.99. The summed E-state index contributed by atoms with van der Waals surface area (Å²) >= 11 is 0. The van der Waals surface area contributed by atoms with Crippen molar-refractivity contribution in [2.24, 2.45) is 5.73 Å². The number of nitrogens with one attached hydrogen (secondary N) is 1. The molecular formula is C12H12N2O2. The highest BCUT2D eigenvalue weighted by molar-refractivity contribution is 6.02. The summed E-state index contributed by atoms with van der Waals surface area (Å²) < 4.78 is 5.00. The molecule has 0 unspecified atom stereocenters. The van der Waals surface area contributed by atoms with Crippen LogP contribution in [0, 0.1) is 0 Å². The maximum Gasteiger partial charge on any atom is 0.291 e. The summed E-state index contributed by atoms with van der Waals surface area (Å²) in [4.78, 5) is 11.7. The molecule has 1 aromatic carbocycles. The van der Waals surface area contributed by atoms with Crippen LogP contribution >= 0.6 is 0 Å². The van der Waals surface area contributed by atoms with Crippen LogP contribution in [-0.4, -0.2) is 5.91 Å². The summed E-state index contributed by atoms with van der Waals surface area (Å²) in [5.41, 5.74) is 7.18. The van der Waals surface area contributed by atoms with Gasteiger partial charge in [-0.15, -0.1) is 0 Å². The molecule has 2 rings (SSSR count). The van der Waals surface area contributed by atoms with Crippen molar-refractivity contribution in [2.75, 3.05) is 5.32 Å². The number of carbonyl (C=O) groups excluding carboxylic acids is 1. The van der Waals surface area contributed by atoms with E-state index < -0.39 is 0 Å². The lowest BCUT2D eigenvalue weighted by atomic mass is 10.2. The largest absolute Gasteiger partial charge is 0.459 e. The second-order valence-corrected chi connectivity index (χ2v) is 3.29. The molecule has 0 bridgehead atoms. The van der Waals surface area contributed by atoms with Crippen LogP contribution in [-0.2, 0) is 6.54 Å². The van der Waals surface area contributed by atoms with Crippen molar-refractivity contribution in [3.8, 4) is 0 Å². The number of rotatable bonds is 3. The van der Waals surface area contributed by atoms with Crippen molar-refractivity contribution in [1.29, 1.82) is 0 Å². The molecule has 3 N–H and O–H groups in total. The van der Waals surface area contributed by atoms with E-state index >= 15 is 0 Å². The van der Waals surface area contributed by atoms with Crippen LogP contribution in [0.4, 0.5) is 5.69 Å². The summed E-state index contributed by atoms with van der Waals surface area (Å²) in [6.07, 6.45) is 1.46. The number of hydrogen-bond donors (Lipinski definition) is 2. The van der Waals surface area contributed by atoms with Gasteiger partial charge in [-0.25, -0.2) is 0 Å². The molecule has 0 fully saturated rings. The van der Waals surface area contributed by atoms with Gasteiger partial charge in [0.25, 0.3) is 5.91 Å². The first-order valence-electron chi connectivity index (χ1n) is 4.94. The molecule has 0 aliphatic rings. The molecule has 0 spiro atoms. The molecule has 1 heterocycles. The number of anilines is 1. The van der Waals surface area contributed by atoms with Crippen molar-refractivity contribution >= 4 is 11.6 Å². The lowest BCUT2D eigenvalue weighted by Gasteiger charge is -2.07. The minimum atomic E-state index is -0.272. The molecule has 0 radical (unpaired) electrons. The molecule has 0 saturated heterocycles. The van der Waals surface area contributed by atoms with Crippen LogP contribution in [0.1, 0.15) is 16.1 Å². The number of carbonyl (C=O) groups is 1. The minimum Gasteiger partial charge on any atom is -0.459 e. The van der Waals surface area contributed by atoms with Crippen LogP contribution in [0.2, 0.25) is 0 Å². The highest BCUT2D eigenvalue weighted by atomic mass is 16.3. The molecular weight excluding hydrogens is 204 g/mol. The zero-order valence-corrected chi connectivity index (χ0v) is 8.64. The van der Waals surface area contributed by atoms with E-state index in [0.29, 0.717) is 12.2 Å². The van der Waals surface area contributed by atoms with Gasteiger partial charge in [0.1, 0.15) is 0 Å². The standard InChI is InChI=1S/C12H12N2O2/c13-8-9-4-1-2-5-10(9)14-12(15)11-6-3-7-16-11/h1-7H,8,13H2,(H,14,15). The Labute approximate surface area is 93.1 Å². The second kappa shape index (κ2) is 4.63. The number of nitrogens with two attached hydrogens (primary N) is 1. The van der Waals surface area contributed by atoms with Gasteiger partial charge in [-0.05, 0) is 23.8 Å². The van der Waals surface area contributed by atoms with E-state index in [9.17, 15) is 4.79 Å². The number of furan rings is 1. The van der Waals surface area contributed by atoms with E-state index in [0.717, 1.165) is 5.56 Å². The van der Waals surface area contributed by atoms with Gasteiger partial charge in [-0.2, -0.15) is 0 Å². The number of benzene rings is 1. The zero-order valence-electron chi connectivity index (χ0n) is 8.64. The van der Waals surface area contributed by atoms with E-state index in [1.54, 1.807) is 12.1 Å². The fraction of sp³-hybridized carbons (Fsp3) is 0.0833. The van der Waals surface area contributed by atoms with E-state index in [1.165, 1.54) is 6.26 Å². The Hall–Kier alpha value is -2.07. The van der Waals surface area contributed by atoms with Crippen molar-refractivity contribution in [3.63, 3.8) is 0 Å². The van der Waals surface area contributed by atoms with E-state index in [1.807, 2.05) is 24.3 Å². The van der Waals surface area contributed by atoms with Gasteiger partial charge >= 0.3 is 0 Å². The van der Waals surface area contributed by atoms with Gasteiger partial charge in [0.15, 0.2) is 5.76 Å². The Morgan fingerprint density at radius 3 is 2.75 bits per heavy atom. The average Bonchev–Trinajstić information content (AvgIpc) is 2.83. The van der Waals surface area contributed by atoms with Crippen molar-refractivity contribution < 1.29 is 9.21 Å². The molecule has 1 aromatic heterocycles. The van der Waals surface area contributed by atoms with Crippen LogP contribution in [0.15, 0.2) is 47.1 Å². The van der Waals surface area contributed by atoms with Gasteiger partial charge in [0.05, 0.1) is 6.26 Å².